The van der Waals surface area contributed by atoms with Gasteiger partial charge in [0.1, 0.15) is 22.6 Å². The van der Waals surface area contributed by atoms with Crippen LogP contribution in [0.3, 0.4) is 0 Å². The van der Waals surface area contributed by atoms with Gasteiger partial charge in [0.2, 0.25) is 0 Å². The van der Waals surface area contributed by atoms with Crippen molar-refractivity contribution in [2.45, 2.75) is 4.90 Å². The summed E-state index contributed by atoms with van der Waals surface area (Å²) < 4.78 is 28.0. The third kappa shape index (κ3) is 2.30. The molecule has 9 heteroatoms. The molecule has 0 atom stereocenters. The zero-order valence-electron chi connectivity index (χ0n) is 10.3. The monoisotopic (exact) mass is 288 g/mol. The maximum absolute atomic E-state index is 12.2. The number of nitriles is 2. The van der Waals surface area contributed by atoms with E-state index in [1.165, 1.54) is 36.3 Å². The van der Waals surface area contributed by atoms with Gasteiger partial charge in [0, 0.05) is 13.2 Å². The normalized spacial score (nSPS) is 10.6. The highest BCUT2D eigenvalue weighted by molar-refractivity contribution is 7.92. The smallest absolute Gasteiger partial charge is 0.262 e. The average molecular weight is 288 g/mol. The van der Waals surface area contributed by atoms with Gasteiger partial charge >= 0.3 is 0 Å². The highest BCUT2D eigenvalue weighted by atomic mass is 32.2. The van der Waals surface area contributed by atoms with Gasteiger partial charge in [-0.3, -0.25) is 9.40 Å². The zero-order valence-corrected chi connectivity index (χ0v) is 11.1. The van der Waals surface area contributed by atoms with Crippen molar-refractivity contribution in [1.82, 2.24) is 14.8 Å². The van der Waals surface area contributed by atoms with Gasteiger partial charge in [0.15, 0.2) is 11.5 Å². The maximum atomic E-state index is 12.2. The summed E-state index contributed by atoms with van der Waals surface area (Å²) in [5.74, 6) is 0.0280. The molecule has 0 aliphatic rings. The standard InChI is InChI=1S/C11H8N6O2S/c1-17-11(8(5-12)7-15-17)16-20(18,19)10-3-2-4-14-9(10)6-13/h2-4,7,16H,1H3. The molecule has 0 saturated carbocycles. The van der Waals surface area contributed by atoms with E-state index in [2.05, 4.69) is 14.8 Å². The molecule has 0 aliphatic carbocycles. The van der Waals surface area contributed by atoms with Crippen molar-refractivity contribution >= 4 is 15.8 Å². The number of aryl methyl sites for hydroxylation is 1. The van der Waals surface area contributed by atoms with Crippen molar-refractivity contribution in [1.29, 1.82) is 10.5 Å². The molecular weight excluding hydrogens is 280 g/mol. The number of nitrogens with one attached hydrogen (secondary N) is 1. The first-order valence-corrected chi connectivity index (χ1v) is 6.78. The summed E-state index contributed by atoms with van der Waals surface area (Å²) in [6.45, 7) is 0. The van der Waals surface area contributed by atoms with E-state index < -0.39 is 10.0 Å². The number of pyridine rings is 1. The molecule has 0 fully saturated rings. The van der Waals surface area contributed by atoms with Gasteiger partial charge in [-0.15, -0.1) is 0 Å². The van der Waals surface area contributed by atoms with Gasteiger partial charge in [0.25, 0.3) is 10.0 Å². The first-order valence-electron chi connectivity index (χ1n) is 5.29. The van der Waals surface area contributed by atoms with Crippen LogP contribution in [0, 0.1) is 22.7 Å². The molecule has 2 aromatic rings. The van der Waals surface area contributed by atoms with Crippen LogP contribution in [0.25, 0.3) is 0 Å². The lowest BCUT2D eigenvalue weighted by atomic mass is 10.4. The second kappa shape index (κ2) is 4.99. The van der Waals surface area contributed by atoms with Crippen LogP contribution in [0.15, 0.2) is 29.4 Å². The molecule has 0 saturated heterocycles. The van der Waals surface area contributed by atoms with Crippen LogP contribution in [0.1, 0.15) is 11.3 Å². The van der Waals surface area contributed by atoms with E-state index in [-0.39, 0.29) is 22.0 Å². The highest BCUT2D eigenvalue weighted by Crippen LogP contribution is 2.20. The number of nitrogens with zero attached hydrogens (tertiary/aromatic N) is 5. The fraction of sp³-hybridized carbons (Fsp3) is 0.0909. The molecule has 2 heterocycles. The van der Waals surface area contributed by atoms with E-state index >= 15 is 0 Å². The summed E-state index contributed by atoms with van der Waals surface area (Å²) >= 11 is 0. The van der Waals surface area contributed by atoms with Crippen molar-refractivity contribution in [2.24, 2.45) is 7.05 Å². The second-order valence-electron chi connectivity index (χ2n) is 3.71. The Morgan fingerprint density at radius 2 is 2.10 bits per heavy atom. The van der Waals surface area contributed by atoms with Crippen LogP contribution in [0.2, 0.25) is 0 Å². The number of hydrogen-bond acceptors (Lipinski definition) is 6. The summed E-state index contributed by atoms with van der Waals surface area (Å²) in [7, 11) is -2.53. The van der Waals surface area contributed by atoms with Gasteiger partial charge in [-0.05, 0) is 12.1 Å². The Balaban J connectivity index is 2.50. The van der Waals surface area contributed by atoms with E-state index in [0.717, 1.165) is 0 Å². The Morgan fingerprint density at radius 3 is 2.75 bits per heavy atom. The second-order valence-corrected chi connectivity index (χ2v) is 5.36. The van der Waals surface area contributed by atoms with Gasteiger partial charge < -0.3 is 0 Å². The summed E-state index contributed by atoms with van der Waals surface area (Å²) in [4.78, 5) is 3.43. The van der Waals surface area contributed by atoms with E-state index in [4.69, 9.17) is 10.5 Å². The lowest BCUT2D eigenvalue weighted by molar-refractivity contribution is 0.599. The fourth-order valence-electron chi connectivity index (χ4n) is 1.51. The van der Waals surface area contributed by atoms with Crippen LogP contribution < -0.4 is 4.72 Å². The molecule has 20 heavy (non-hydrogen) atoms. The molecule has 0 unspecified atom stereocenters. The molecule has 100 valence electrons. The molecule has 2 aromatic heterocycles. The minimum atomic E-state index is -4.03. The Hall–Kier alpha value is -2.91. The van der Waals surface area contributed by atoms with Gasteiger partial charge in [-0.1, -0.05) is 0 Å². The largest absolute Gasteiger partial charge is 0.265 e. The number of aromatic nitrogens is 3. The van der Waals surface area contributed by atoms with E-state index in [1.807, 2.05) is 6.07 Å². The quantitative estimate of drug-likeness (QED) is 0.869. The SMILES string of the molecule is Cn1ncc(C#N)c1NS(=O)(=O)c1cccnc1C#N. The fourth-order valence-corrected chi connectivity index (χ4v) is 2.73. The minimum absolute atomic E-state index is 0.0280. The van der Waals surface area contributed by atoms with Crippen molar-refractivity contribution in [2.75, 3.05) is 4.72 Å². The predicted octanol–water partition coefficient (Wildman–Crippen LogP) is 0.359. The number of sulfonamides is 1. The first kappa shape index (κ1) is 13.5. The molecule has 8 nitrogen and oxygen atoms in total. The van der Waals surface area contributed by atoms with E-state index in [9.17, 15) is 8.42 Å². The van der Waals surface area contributed by atoms with Crippen molar-refractivity contribution in [3.63, 3.8) is 0 Å². The van der Waals surface area contributed by atoms with Crippen LogP contribution in [0.5, 0.6) is 0 Å². The highest BCUT2D eigenvalue weighted by Gasteiger charge is 2.22. The summed E-state index contributed by atoms with van der Waals surface area (Å²) in [5, 5.41) is 21.6. The molecule has 0 spiro atoms. The third-order valence-corrected chi connectivity index (χ3v) is 3.83. The summed E-state index contributed by atoms with van der Waals surface area (Å²) in [6.07, 6.45) is 2.56. The van der Waals surface area contributed by atoms with Crippen LogP contribution in [0.4, 0.5) is 5.82 Å². The van der Waals surface area contributed by atoms with Crippen molar-refractivity contribution < 1.29 is 8.42 Å². The lowest BCUT2D eigenvalue weighted by Gasteiger charge is -2.09. The van der Waals surface area contributed by atoms with E-state index in [1.54, 1.807) is 6.07 Å². The summed E-state index contributed by atoms with van der Waals surface area (Å²) in [5.41, 5.74) is -0.140. The van der Waals surface area contributed by atoms with Gasteiger partial charge in [-0.2, -0.15) is 15.6 Å². The number of hydrogen-bond donors (Lipinski definition) is 1. The maximum Gasteiger partial charge on any atom is 0.265 e. The van der Waals surface area contributed by atoms with Crippen LogP contribution in [-0.4, -0.2) is 23.2 Å². The molecular formula is C11H8N6O2S. The number of anilines is 1. The molecule has 0 radical (unpaired) electrons. The Labute approximate surface area is 115 Å². The molecule has 0 bridgehead atoms. The minimum Gasteiger partial charge on any atom is -0.262 e. The third-order valence-electron chi connectivity index (χ3n) is 2.46. The Morgan fingerprint density at radius 1 is 1.35 bits per heavy atom. The number of rotatable bonds is 3. The first-order chi connectivity index (χ1) is 9.49. The zero-order chi connectivity index (χ0) is 14.8. The van der Waals surface area contributed by atoms with Crippen molar-refractivity contribution in [3.8, 4) is 12.1 Å². The van der Waals surface area contributed by atoms with Gasteiger partial charge in [0.05, 0.1) is 6.20 Å². The average Bonchev–Trinajstić information content (AvgIpc) is 2.79. The molecule has 0 amide bonds. The van der Waals surface area contributed by atoms with Gasteiger partial charge in [-0.25, -0.2) is 13.4 Å². The lowest BCUT2D eigenvalue weighted by Crippen LogP contribution is -2.17. The van der Waals surface area contributed by atoms with Crippen LogP contribution >= 0.6 is 0 Å². The molecule has 1 N–H and O–H groups in total. The molecule has 2 rings (SSSR count). The Kier molecular flexibility index (Phi) is 3.37. The molecule has 0 aromatic carbocycles. The van der Waals surface area contributed by atoms with Crippen molar-refractivity contribution in [3.05, 3.63) is 35.8 Å². The van der Waals surface area contributed by atoms with E-state index in [0.29, 0.717) is 0 Å². The Bertz CT molecular complexity index is 841. The molecule has 0 aliphatic heterocycles. The summed E-state index contributed by atoms with van der Waals surface area (Å²) in [6, 6.07) is 6.20. The predicted molar refractivity (Wildman–Crippen MR) is 67.7 cm³/mol. The topological polar surface area (TPSA) is 124 Å². The van der Waals surface area contributed by atoms with Crippen LogP contribution in [-0.2, 0) is 17.1 Å².